The van der Waals surface area contributed by atoms with E-state index in [2.05, 4.69) is 55.1 Å². The summed E-state index contributed by atoms with van der Waals surface area (Å²) in [5, 5.41) is 2.67. The van der Waals surface area contributed by atoms with Gasteiger partial charge in [-0.15, -0.1) is 0 Å². The molecule has 0 spiro atoms. The molecule has 0 radical (unpaired) electrons. The summed E-state index contributed by atoms with van der Waals surface area (Å²) in [5.74, 6) is 0.985. The number of nitrogens with one attached hydrogen (secondary N) is 1. The van der Waals surface area contributed by atoms with Gasteiger partial charge in [0.2, 0.25) is 5.91 Å². The van der Waals surface area contributed by atoms with Crippen molar-refractivity contribution in [3.05, 3.63) is 35.4 Å². The fourth-order valence-corrected chi connectivity index (χ4v) is 3.76. The summed E-state index contributed by atoms with van der Waals surface area (Å²) in [7, 11) is 3.23. The van der Waals surface area contributed by atoms with Crippen molar-refractivity contribution in [3.63, 3.8) is 0 Å². The van der Waals surface area contributed by atoms with Crippen molar-refractivity contribution in [2.24, 2.45) is 5.92 Å². The number of nitrogens with zero attached hydrogens (tertiary/aromatic N) is 1. The standard InChI is InChI=1S/C22H34N2O3/c1-6-8-18(14-23-22(26)27-5)21(25)24(4)20-12-19(13-20)17-10-7-9-16(11-17)15(2)3/h7,9-11,15,18-20H,6,8,12-14H2,1-5H3,(H,23,26)/t18-,19-,20+/m1/s1. The number of benzene rings is 1. The van der Waals surface area contributed by atoms with Gasteiger partial charge < -0.3 is 15.0 Å². The second-order valence-corrected chi connectivity index (χ2v) is 7.95. The van der Waals surface area contributed by atoms with E-state index in [0.29, 0.717) is 18.4 Å². The number of carbonyl (C=O) groups excluding carboxylic acids is 2. The Bertz CT molecular complexity index is 638. The summed E-state index contributed by atoms with van der Waals surface area (Å²) >= 11 is 0. The second kappa shape index (κ2) is 9.77. The van der Waals surface area contributed by atoms with Gasteiger partial charge in [-0.1, -0.05) is 51.5 Å². The van der Waals surface area contributed by atoms with E-state index in [1.54, 1.807) is 0 Å². The number of hydrogen-bond donors (Lipinski definition) is 1. The van der Waals surface area contributed by atoms with Crippen molar-refractivity contribution in [1.82, 2.24) is 10.2 Å². The molecule has 27 heavy (non-hydrogen) atoms. The topological polar surface area (TPSA) is 58.6 Å². The summed E-state index contributed by atoms with van der Waals surface area (Å²) in [5.41, 5.74) is 2.76. The molecule has 1 atom stereocenters. The van der Waals surface area contributed by atoms with E-state index in [1.165, 1.54) is 18.2 Å². The largest absolute Gasteiger partial charge is 0.453 e. The average Bonchev–Trinajstić information content (AvgIpc) is 2.63. The van der Waals surface area contributed by atoms with E-state index in [1.807, 2.05) is 11.9 Å². The first-order valence-electron chi connectivity index (χ1n) is 10.1. The van der Waals surface area contributed by atoms with Crippen LogP contribution in [-0.2, 0) is 9.53 Å². The third-order valence-electron chi connectivity index (χ3n) is 5.72. The fourth-order valence-electron chi connectivity index (χ4n) is 3.76. The van der Waals surface area contributed by atoms with Gasteiger partial charge in [-0.25, -0.2) is 4.79 Å². The highest BCUT2D eigenvalue weighted by Gasteiger charge is 2.36. The van der Waals surface area contributed by atoms with Crippen LogP contribution in [-0.4, -0.2) is 43.6 Å². The fraction of sp³-hybridized carbons (Fsp3) is 0.636. The minimum absolute atomic E-state index is 0.118. The molecule has 5 nitrogen and oxygen atoms in total. The molecule has 2 amide bonds. The highest BCUT2D eigenvalue weighted by molar-refractivity contribution is 5.80. The van der Waals surface area contributed by atoms with Crippen LogP contribution in [0.15, 0.2) is 24.3 Å². The third kappa shape index (κ3) is 5.47. The van der Waals surface area contributed by atoms with E-state index in [-0.39, 0.29) is 17.9 Å². The molecular weight excluding hydrogens is 340 g/mol. The van der Waals surface area contributed by atoms with E-state index >= 15 is 0 Å². The van der Waals surface area contributed by atoms with Gasteiger partial charge in [0.25, 0.3) is 0 Å². The van der Waals surface area contributed by atoms with Gasteiger partial charge in [0.15, 0.2) is 0 Å². The van der Waals surface area contributed by atoms with Gasteiger partial charge in [0.1, 0.15) is 0 Å². The van der Waals surface area contributed by atoms with E-state index in [4.69, 9.17) is 0 Å². The highest BCUT2D eigenvalue weighted by atomic mass is 16.5. The van der Waals surface area contributed by atoms with E-state index in [9.17, 15) is 9.59 Å². The smallest absolute Gasteiger partial charge is 0.406 e. The molecule has 0 saturated heterocycles. The lowest BCUT2D eigenvalue weighted by Gasteiger charge is -2.42. The minimum Gasteiger partial charge on any atom is -0.453 e. The van der Waals surface area contributed by atoms with E-state index in [0.717, 1.165) is 25.7 Å². The molecule has 1 aliphatic rings. The first-order chi connectivity index (χ1) is 12.9. The summed E-state index contributed by atoms with van der Waals surface area (Å²) < 4.78 is 4.61. The molecule has 1 saturated carbocycles. The molecule has 0 aromatic heterocycles. The molecule has 0 bridgehead atoms. The molecule has 150 valence electrons. The highest BCUT2D eigenvalue weighted by Crippen LogP contribution is 2.40. The predicted molar refractivity (Wildman–Crippen MR) is 108 cm³/mol. The number of carbonyl (C=O) groups is 2. The Kier molecular flexibility index (Phi) is 7.69. The summed E-state index contributed by atoms with van der Waals surface area (Å²) in [6.07, 6.45) is 3.20. The Morgan fingerprint density at radius 2 is 2.00 bits per heavy atom. The number of rotatable bonds is 8. The van der Waals surface area contributed by atoms with Crippen LogP contribution in [0.5, 0.6) is 0 Å². The Hall–Kier alpha value is -2.04. The van der Waals surface area contributed by atoms with Crippen LogP contribution in [0.4, 0.5) is 4.79 Å². The molecule has 1 aromatic rings. The second-order valence-electron chi connectivity index (χ2n) is 7.95. The summed E-state index contributed by atoms with van der Waals surface area (Å²) in [4.78, 5) is 26.1. The van der Waals surface area contributed by atoms with Crippen LogP contribution < -0.4 is 5.32 Å². The molecule has 0 heterocycles. The van der Waals surface area contributed by atoms with Gasteiger partial charge >= 0.3 is 6.09 Å². The molecule has 2 rings (SSSR count). The predicted octanol–water partition coefficient (Wildman–Crippen LogP) is 4.29. The normalized spacial score (nSPS) is 19.9. The third-order valence-corrected chi connectivity index (χ3v) is 5.72. The first-order valence-corrected chi connectivity index (χ1v) is 10.1. The number of amides is 2. The van der Waals surface area contributed by atoms with Crippen molar-refractivity contribution >= 4 is 12.0 Å². The first kappa shape index (κ1) is 21.3. The van der Waals surface area contributed by atoms with Crippen LogP contribution in [0.1, 0.15) is 69.4 Å². The van der Waals surface area contributed by atoms with Crippen LogP contribution in [0.3, 0.4) is 0 Å². The lowest BCUT2D eigenvalue weighted by molar-refractivity contribution is -0.138. The SMILES string of the molecule is CCC[C@H](CNC(=O)OC)C(=O)N(C)[C@H]1C[C@@H](c2cccc(C(C)C)c2)C1. The van der Waals surface area contributed by atoms with Gasteiger partial charge in [-0.2, -0.15) is 0 Å². The molecule has 0 unspecified atom stereocenters. The molecule has 5 heteroatoms. The maximum absolute atomic E-state index is 12.9. The zero-order valence-electron chi connectivity index (χ0n) is 17.3. The minimum atomic E-state index is -0.486. The van der Waals surface area contributed by atoms with Gasteiger partial charge in [-0.3, -0.25) is 4.79 Å². The number of methoxy groups -OCH3 is 1. The van der Waals surface area contributed by atoms with Crippen molar-refractivity contribution in [3.8, 4) is 0 Å². The lowest BCUT2D eigenvalue weighted by atomic mass is 9.74. The Labute approximate surface area is 163 Å². The summed E-state index contributed by atoms with van der Waals surface area (Å²) in [6.45, 7) is 6.81. The Morgan fingerprint density at radius 3 is 2.59 bits per heavy atom. The number of ether oxygens (including phenoxy) is 1. The van der Waals surface area contributed by atoms with E-state index < -0.39 is 6.09 Å². The molecule has 1 aliphatic carbocycles. The monoisotopic (exact) mass is 374 g/mol. The number of hydrogen-bond acceptors (Lipinski definition) is 3. The van der Waals surface area contributed by atoms with Crippen molar-refractivity contribution in [1.29, 1.82) is 0 Å². The quantitative estimate of drug-likeness (QED) is 0.738. The summed E-state index contributed by atoms with van der Waals surface area (Å²) in [6, 6.07) is 9.12. The van der Waals surface area contributed by atoms with Gasteiger partial charge in [0, 0.05) is 19.6 Å². The number of alkyl carbamates (subject to hydrolysis) is 1. The van der Waals surface area contributed by atoms with Crippen LogP contribution in [0.25, 0.3) is 0 Å². The zero-order valence-corrected chi connectivity index (χ0v) is 17.3. The Balaban J connectivity index is 1.92. The Morgan fingerprint density at radius 1 is 1.30 bits per heavy atom. The van der Waals surface area contributed by atoms with Crippen LogP contribution >= 0.6 is 0 Å². The molecule has 1 aromatic carbocycles. The molecule has 1 fully saturated rings. The van der Waals surface area contributed by atoms with Crippen molar-refractivity contribution < 1.29 is 14.3 Å². The van der Waals surface area contributed by atoms with Gasteiger partial charge in [-0.05, 0) is 42.2 Å². The maximum Gasteiger partial charge on any atom is 0.406 e. The van der Waals surface area contributed by atoms with Crippen LogP contribution in [0.2, 0.25) is 0 Å². The maximum atomic E-state index is 12.9. The van der Waals surface area contributed by atoms with Crippen molar-refractivity contribution in [2.75, 3.05) is 20.7 Å². The molecular formula is C22H34N2O3. The molecule has 1 N–H and O–H groups in total. The average molecular weight is 375 g/mol. The zero-order chi connectivity index (χ0) is 20.0. The van der Waals surface area contributed by atoms with Crippen molar-refractivity contribution in [2.45, 2.75) is 64.3 Å². The lowest BCUT2D eigenvalue weighted by Crippen LogP contribution is -2.48. The van der Waals surface area contributed by atoms with Gasteiger partial charge in [0.05, 0.1) is 13.0 Å². The van der Waals surface area contributed by atoms with Crippen LogP contribution in [0, 0.1) is 5.92 Å². The molecule has 0 aliphatic heterocycles.